The molecule has 0 aliphatic carbocycles. The number of hydrogen-bond donors (Lipinski definition) is 3. The first-order valence-electron chi connectivity index (χ1n) is 4.76. The third kappa shape index (κ3) is 1.53. The molecule has 0 unspecified atom stereocenters. The number of H-pyrrole nitrogens is 1. The Morgan fingerprint density at radius 2 is 2.20 bits per heavy atom. The van der Waals surface area contributed by atoms with E-state index in [4.69, 9.17) is 16.7 Å². The number of nitrogens with two attached hydrogens (primary N) is 2. The number of aromatic nitrogens is 1. The van der Waals surface area contributed by atoms with Crippen LogP contribution < -0.4 is 11.5 Å². The van der Waals surface area contributed by atoms with Gasteiger partial charge < -0.3 is 16.5 Å². The SMILES string of the molecule is N#Cc1cc(N)c2c(CCN)c[nH]c2c1. The molecule has 1 aromatic heterocycles. The van der Waals surface area contributed by atoms with E-state index in [0.717, 1.165) is 22.9 Å². The van der Waals surface area contributed by atoms with E-state index < -0.39 is 0 Å². The molecule has 0 radical (unpaired) electrons. The highest BCUT2D eigenvalue weighted by Crippen LogP contribution is 2.26. The Balaban J connectivity index is 2.67. The maximum Gasteiger partial charge on any atom is 0.0993 e. The number of fused-ring (bicyclic) bond motifs is 1. The van der Waals surface area contributed by atoms with Crippen LogP contribution >= 0.6 is 0 Å². The van der Waals surface area contributed by atoms with Crippen molar-refractivity contribution in [3.05, 3.63) is 29.5 Å². The Bertz CT molecular complexity index is 533. The van der Waals surface area contributed by atoms with E-state index >= 15 is 0 Å². The number of aromatic amines is 1. The summed E-state index contributed by atoms with van der Waals surface area (Å²) in [5, 5.41) is 9.78. The van der Waals surface area contributed by atoms with E-state index in [1.165, 1.54) is 0 Å². The maximum atomic E-state index is 8.79. The number of benzene rings is 1. The van der Waals surface area contributed by atoms with Crippen LogP contribution in [-0.2, 0) is 6.42 Å². The summed E-state index contributed by atoms with van der Waals surface area (Å²) in [5.41, 5.74) is 14.6. The molecule has 76 valence electrons. The van der Waals surface area contributed by atoms with Crippen LogP contribution in [0.1, 0.15) is 11.1 Å². The Kier molecular flexibility index (Phi) is 2.32. The minimum absolute atomic E-state index is 0.571. The average molecular weight is 200 g/mol. The molecule has 0 aliphatic rings. The van der Waals surface area contributed by atoms with E-state index in [0.29, 0.717) is 17.8 Å². The van der Waals surface area contributed by atoms with Gasteiger partial charge in [-0.05, 0) is 30.7 Å². The van der Waals surface area contributed by atoms with Crippen LogP contribution in [0.25, 0.3) is 10.9 Å². The fourth-order valence-corrected chi connectivity index (χ4v) is 1.79. The Morgan fingerprint density at radius 1 is 1.40 bits per heavy atom. The van der Waals surface area contributed by atoms with Crippen LogP contribution in [0, 0.1) is 11.3 Å². The largest absolute Gasteiger partial charge is 0.398 e. The zero-order valence-corrected chi connectivity index (χ0v) is 8.25. The Labute approximate surface area is 87.5 Å². The van der Waals surface area contributed by atoms with Crippen LogP contribution in [0.3, 0.4) is 0 Å². The third-order valence-electron chi connectivity index (χ3n) is 2.43. The summed E-state index contributed by atoms with van der Waals surface area (Å²) in [6.07, 6.45) is 2.69. The van der Waals surface area contributed by atoms with Gasteiger partial charge in [-0.1, -0.05) is 0 Å². The summed E-state index contributed by atoms with van der Waals surface area (Å²) in [4.78, 5) is 3.10. The second-order valence-corrected chi connectivity index (χ2v) is 3.45. The van der Waals surface area contributed by atoms with E-state index in [2.05, 4.69) is 11.1 Å². The molecule has 2 rings (SSSR count). The van der Waals surface area contributed by atoms with Gasteiger partial charge in [0, 0.05) is 22.8 Å². The van der Waals surface area contributed by atoms with Gasteiger partial charge in [0.05, 0.1) is 11.6 Å². The smallest absolute Gasteiger partial charge is 0.0993 e. The lowest BCUT2D eigenvalue weighted by Gasteiger charge is -2.01. The topological polar surface area (TPSA) is 91.6 Å². The monoisotopic (exact) mass is 200 g/mol. The first-order valence-corrected chi connectivity index (χ1v) is 4.76. The predicted octanol–water partition coefficient (Wildman–Crippen LogP) is 1.12. The fourth-order valence-electron chi connectivity index (χ4n) is 1.79. The molecule has 1 aromatic carbocycles. The number of anilines is 1. The molecule has 0 amide bonds. The normalized spacial score (nSPS) is 10.4. The van der Waals surface area contributed by atoms with Gasteiger partial charge >= 0.3 is 0 Å². The van der Waals surface area contributed by atoms with Crippen molar-refractivity contribution in [3.8, 4) is 6.07 Å². The van der Waals surface area contributed by atoms with Crippen molar-refractivity contribution in [1.29, 1.82) is 5.26 Å². The fraction of sp³-hybridized carbons (Fsp3) is 0.182. The first-order chi connectivity index (χ1) is 7.26. The van der Waals surface area contributed by atoms with Gasteiger partial charge in [0.1, 0.15) is 0 Å². The summed E-state index contributed by atoms with van der Waals surface area (Å²) in [6, 6.07) is 5.56. The molecule has 4 heteroatoms. The number of nitrogens with zero attached hydrogens (tertiary/aromatic N) is 1. The quantitative estimate of drug-likeness (QED) is 0.634. The van der Waals surface area contributed by atoms with Gasteiger partial charge in [0.15, 0.2) is 0 Å². The number of nitrogen functional groups attached to an aromatic ring is 1. The van der Waals surface area contributed by atoms with Gasteiger partial charge in [-0.3, -0.25) is 0 Å². The average Bonchev–Trinajstić information content (AvgIpc) is 2.62. The van der Waals surface area contributed by atoms with Crippen LogP contribution in [0.5, 0.6) is 0 Å². The van der Waals surface area contributed by atoms with Crippen molar-refractivity contribution in [3.63, 3.8) is 0 Å². The molecule has 0 saturated heterocycles. The van der Waals surface area contributed by atoms with Gasteiger partial charge in [-0.15, -0.1) is 0 Å². The van der Waals surface area contributed by atoms with E-state index in [1.807, 2.05) is 6.20 Å². The van der Waals surface area contributed by atoms with E-state index in [1.54, 1.807) is 12.1 Å². The summed E-state index contributed by atoms with van der Waals surface area (Å²) < 4.78 is 0. The molecule has 0 bridgehead atoms. The highest BCUT2D eigenvalue weighted by Gasteiger charge is 2.07. The molecule has 0 saturated carbocycles. The second kappa shape index (κ2) is 3.64. The predicted molar refractivity (Wildman–Crippen MR) is 60.2 cm³/mol. The molecular formula is C11H12N4. The molecule has 5 N–H and O–H groups in total. The highest BCUT2D eigenvalue weighted by atomic mass is 14.7. The molecule has 2 aromatic rings. The maximum absolute atomic E-state index is 8.79. The van der Waals surface area contributed by atoms with Crippen LogP contribution in [0.15, 0.2) is 18.3 Å². The zero-order valence-electron chi connectivity index (χ0n) is 8.25. The number of hydrogen-bond acceptors (Lipinski definition) is 3. The third-order valence-corrected chi connectivity index (χ3v) is 2.43. The van der Waals surface area contributed by atoms with Crippen molar-refractivity contribution in [1.82, 2.24) is 4.98 Å². The zero-order chi connectivity index (χ0) is 10.8. The molecule has 1 heterocycles. The minimum Gasteiger partial charge on any atom is -0.398 e. The van der Waals surface area contributed by atoms with Gasteiger partial charge in [-0.2, -0.15) is 5.26 Å². The highest BCUT2D eigenvalue weighted by molar-refractivity contribution is 5.95. The Hall–Kier alpha value is -1.99. The van der Waals surface area contributed by atoms with Crippen LogP contribution in [-0.4, -0.2) is 11.5 Å². The molecule has 4 nitrogen and oxygen atoms in total. The minimum atomic E-state index is 0.571. The standard InChI is InChI=1S/C11H12N4/c12-2-1-8-6-15-10-4-7(5-13)3-9(14)11(8)10/h3-4,6,15H,1-2,12,14H2. The summed E-state index contributed by atoms with van der Waals surface area (Å²) in [7, 11) is 0. The van der Waals surface area contributed by atoms with Crippen molar-refractivity contribution < 1.29 is 0 Å². The number of nitriles is 1. The molecule has 0 atom stereocenters. The van der Waals surface area contributed by atoms with Crippen molar-refractivity contribution in [2.24, 2.45) is 5.73 Å². The van der Waals surface area contributed by atoms with Gasteiger partial charge in [0.25, 0.3) is 0 Å². The molecule has 0 fully saturated rings. The number of nitrogens with one attached hydrogen (secondary N) is 1. The lowest BCUT2D eigenvalue weighted by Crippen LogP contribution is -2.02. The van der Waals surface area contributed by atoms with Gasteiger partial charge in [0.2, 0.25) is 0 Å². The lowest BCUT2D eigenvalue weighted by molar-refractivity contribution is 0.976. The van der Waals surface area contributed by atoms with E-state index in [-0.39, 0.29) is 0 Å². The van der Waals surface area contributed by atoms with Crippen molar-refractivity contribution in [2.45, 2.75) is 6.42 Å². The molecular weight excluding hydrogens is 188 g/mol. The first kappa shape index (κ1) is 9.56. The summed E-state index contributed by atoms with van der Waals surface area (Å²) >= 11 is 0. The van der Waals surface area contributed by atoms with E-state index in [9.17, 15) is 0 Å². The molecule has 0 aliphatic heterocycles. The van der Waals surface area contributed by atoms with Crippen molar-refractivity contribution >= 4 is 16.6 Å². The van der Waals surface area contributed by atoms with Crippen LogP contribution in [0.4, 0.5) is 5.69 Å². The number of rotatable bonds is 2. The van der Waals surface area contributed by atoms with Crippen LogP contribution in [0.2, 0.25) is 0 Å². The molecule has 0 spiro atoms. The lowest BCUT2D eigenvalue weighted by atomic mass is 10.1. The summed E-state index contributed by atoms with van der Waals surface area (Å²) in [6.45, 7) is 0.590. The Morgan fingerprint density at radius 3 is 2.87 bits per heavy atom. The summed E-state index contributed by atoms with van der Waals surface area (Å²) in [5.74, 6) is 0. The second-order valence-electron chi connectivity index (χ2n) is 3.45. The van der Waals surface area contributed by atoms with Gasteiger partial charge in [-0.25, -0.2) is 0 Å². The van der Waals surface area contributed by atoms with Crippen molar-refractivity contribution in [2.75, 3.05) is 12.3 Å². The molecule has 15 heavy (non-hydrogen) atoms.